The lowest BCUT2D eigenvalue weighted by molar-refractivity contribution is 0.214. The monoisotopic (exact) mass is 322 g/mol. The van der Waals surface area contributed by atoms with Crippen molar-refractivity contribution in [1.82, 2.24) is 15.1 Å². The van der Waals surface area contributed by atoms with E-state index in [1.54, 1.807) is 0 Å². The summed E-state index contributed by atoms with van der Waals surface area (Å²) in [6.45, 7) is 11.4. The molecule has 1 saturated heterocycles. The largest absolute Gasteiger partial charge is 0.357 e. The minimum Gasteiger partial charge on any atom is -0.357 e. The topological polar surface area (TPSA) is 30.9 Å². The summed E-state index contributed by atoms with van der Waals surface area (Å²) in [7, 11) is 4.38. The Bertz CT molecular complexity index is 332. The van der Waals surface area contributed by atoms with E-state index >= 15 is 0 Å². The molecular formula is C19H38N4. The SMILES string of the molecule is C=CCCCCCN(C)C(=NCCC1CCN(C)CC1)NCC. The van der Waals surface area contributed by atoms with Gasteiger partial charge in [-0.15, -0.1) is 6.58 Å². The molecule has 0 radical (unpaired) electrons. The summed E-state index contributed by atoms with van der Waals surface area (Å²) in [5.41, 5.74) is 0. The molecule has 0 unspecified atom stereocenters. The van der Waals surface area contributed by atoms with E-state index in [1.807, 2.05) is 6.08 Å². The number of hydrogen-bond donors (Lipinski definition) is 1. The van der Waals surface area contributed by atoms with Crippen LogP contribution >= 0.6 is 0 Å². The summed E-state index contributed by atoms with van der Waals surface area (Å²) >= 11 is 0. The van der Waals surface area contributed by atoms with E-state index in [4.69, 9.17) is 4.99 Å². The third-order valence-electron chi connectivity index (χ3n) is 4.74. The van der Waals surface area contributed by atoms with Crippen LogP contribution in [0, 0.1) is 5.92 Å². The van der Waals surface area contributed by atoms with Crippen LogP contribution < -0.4 is 5.32 Å². The number of nitrogens with zero attached hydrogens (tertiary/aromatic N) is 3. The van der Waals surface area contributed by atoms with Crippen molar-refractivity contribution in [1.29, 1.82) is 0 Å². The van der Waals surface area contributed by atoms with Crippen molar-refractivity contribution in [2.45, 2.75) is 51.9 Å². The molecule has 0 aromatic rings. The van der Waals surface area contributed by atoms with E-state index in [0.29, 0.717) is 0 Å². The van der Waals surface area contributed by atoms with Crippen molar-refractivity contribution < 1.29 is 0 Å². The van der Waals surface area contributed by atoms with Gasteiger partial charge in [-0.3, -0.25) is 4.99 Å². The van der Waals surface area contributed by atoms with Gasteiger partial charge in [0.15, 0.2) is 5.96 Å². The number of allylic oxidation sites excluding steroid dienone is 1. The summed E-state index contributed by atoms with van der Waals surface area (Å²) in [6, 6.07) is 0. The van der Waals surface area contributed by atoms with Crippen molar-refractivity contribution >= 4 is 5.96 Å². The summed E-state index contributed by atoms with van der Waals surface area (Å²) in [4.78, 5) is 9.56. The number of aliphatic imine (C=N–C) groups is 1. The van der Waals surface area contributed by atoms with E-state index < -0.39 is 0 Å². The van der Waals surface area contributed by atoms with Crippen molar-refractivity contribution in [3.8, 4) is 0 Å². The number of rotatable bonds is 10. The first-order valence-corrected chi connectivity index (χ1v) is 9.46. The van der Waals surface area contributed by atoms with E-state index in [2.05, 4.69) is 42.7 Å². The number of unbranched alkanes of at least 4 members (excludes halogenated alkanes) is 3. The van der Waals surface area contributed by atoms with Crippen molar-refractivity contribution in [3.05, 3.63) is 12.7 Å². The van der Waals surface area contributed by atoms with Gasteiger partial charge in [-0.25, -0.2) is 0 Å². The second kappa shape index (κ2) is 12.4. The molecule has 1 N–H and O–H groups in total. The fourth-order valence-electron chi connectivity index (χ4n) is 3.09. The minimum atomic E-state index is 0.863. The second-order valence-corrected chi connectivity index (χ2v) is 6.83. The van der Waals surface area contributed by atoms with Crippen LogP contribution in [-0.4, -0.2) is 62.6 Å². The van der Waals surface area contributed by atoms with Gasteiger partial charge in [-0.05, 0) is 71.5 Å². The summed E-state index contributed by atoms with van der Waals surface area (Å²) < 4.78 is 0. The Balaban J connectivity index is 2.29. The van der Waals surface area contributed by atoms with Crippen molar-refractivity contribution in [2.24, 2.45) is 10.9 Å². The maximum absolute atomic E-state index is 4.84. The molecule has 1 aliphatic heterocycles. The van der Waals surface area contributed by atoms with Gasteiger partial charge in [-0.2, -0.15) is 0 Å². The van der Waals surface area contributed by atoms with Crippen LogP contribution in [0.15, 0.2) is 17.6 Å². The maximum Gasteiger partial charge on any atom is 0.193 e. The molecule has 23 heavy (non-hydrogen) atoms. The van der Waals surface area contributed by atoms with Gasteiger partial charge in [-0.1, -0.05) is 12.5 Å². The molecule has 0 aliphatic carbocycles. The van der Waals surface area contributed by atoms with Crippen LogP contribution in [0.4, 0.5) is 0 Å². The minimum absolute atomic E-state index is 0.863. The standard InChI is InChI=1S/C19H38N4/c1-5-7-8-9-10-15-23(4)19(20-6-2)21-14-11-18-12-16-22(3)17-13-18/h5,18H,1,6-17H2,2-4H3,(H,20,21). The van der Waals surface area contributed by atoms with Crippen LogP contribution in [0.3, 0.4) is 0 Å². The number of guanidine groups is 1. The average Bonchev–Trinajstić information content (AvgIpc) is 2.55. The number of hydrogen-bond acceptors (Lipinski definition) is 2. The predicted octanol–water partition coefficient (Wildman–Crippen LogP) is 3.36. The summed E-state index contributed by atoms with van der Waals surface area (Å²) in [5, 5.41) is 3.43. The van der Waals surface area contributed by atoms with Crippen LogP contribution in [-0.2, 0) is 0 Å². The Morgan fingerprint density at radius 3 is 2.70 bits per heavy atom. The van der Waals surface area contributed by atoms with E-state index in [0.717, 1.165) is 37.9 Å². The summed E-state index contributed by atoms with van der Waals surface area (Å²) in [6.07, 6.45) is 10.8. The third-order valence-corrected chi connectivity index (χ3v) is 4.74. The predicted molar refractivity (Wildman–Crippen MR) is 102 cm³/mol. The van der Waals surface area contributed by atoms with Crippen LogP contribution in [0.2, 0.25) is 0 Å². The number of nitrogens with one attached hydrogen (secondary N) is 1. The molecule has 1 heterocycles. The molecule has 134 valence electrons. The Kier molecular flexibility index (Phi) is 10.8. The zero-order valence-corrected chi connectivity index (χ0v) is 15.7. The molecule has 4 heteroatoms. The van der Waals surface area contributed by atoms with Gasteiger partial charge in [0.25, 0.3) is 0 Å². The maximum atomic E-state index is 4.84. The molecule has 0 atom stereocenters. The first-order valence-electron chi connectivity index (χ1n) is 9.46. The lowest BCUT2D eigenvalue weighted by Gasteiger charge is -2.28. The van der Waals surface area contributed by atoms with Crippen molar-refractivity contribution in [3.63, 3.8) is 0 Å². The third kappa shape index (κ3) is 8.99. The zero-order chi connectivity index (χ0) is 16.9. The molecule has 0 spiro atoms. The van der Waals surface area contributed by atoms with E-state index in [9.17, 15) is 0 Å². The molecule has 0 saturated carbocycles. The van der Waals surface area contributed by atoms with Gasteiger partial charge in [0, 0.05) is 26.7 Å². The molecule has 1 rings (SSSR count). The molecular weight excluding hydrogens is 284 g/mol. The first kappa shape index (κ1) is 20.0. The highest BCUT2D eigenvalue weighted by Crippen LogP contribution is 2.19. The lowest BCUT2D eigenvalue weighted by Crippen LogP contribution is -2.39. The van der Waals surface area contributed by atoms with Crippen LogP contribution in [0.1, 0.15) is 51.9 Å². The molecule has 0 aromatic heterocycles. The van der Waals surface area contributed by atoms with Gasteiger partial charge < -0.3 is 15.1 Å². The smallest absolute Gasteiger partial charge is 0.193 e. The number of likely N-dealkylation sites (tertiary alicyclic amines) is 1. The zero-order valence-electron chi connectivity index (χ0n) is 15.7. The van der Waals surface area contributed by atoms with Crippen LogP contribution in [0.25, 0.3) is 0 Å². The highest BCUT2D eigenvalue weighted by Gasteiger charge is 2.16. The van der Waals surface area contributed by atoms with Gasteiger partial charge in [0.1, 0.15) is 0 Å². The van der Waals surface area contributed by atoms with Crippen LogP contribution in [0.5, 0.6) is 0 Å². The Hall–Kier alpha value is -1.03. The lowest BCUT2D eigenvalue weighted by atomic mass is 9.94. The quantitative estimate of drug-likeness (QED) is 0.289. The number of piperidine rings is 1. The summed E-state index contributed by atoms with van der Waals surface area (Å²) in [5.74, 6) is 1.94. The molecule has 0 bridgehead atoms. The molecule has 1 aliphatic rings. The van der Waals surface area contributed by atoms with Gasteiger partial charge >= 0.3 is 0 Å². The molecule has 4 nitrogen and oxygen atoms in total. The van der Waals surface area contributed by atoms with E-state index in [-0.39, 0.29) is 0 Å². The van der Waals surface area contributed by atoms with Gasteiger partial charge in [0.05, 0.1) is 0 Å². The molecule has 1 fully saturated rings. The highest BCUT2D eigenvalue weighted by atomic mass is 15.3. The Morgan fingerprint density at radius 1 is 1.30 bits per heavy atom. The molecule has 0 amide bonds. The first-order chi connectivity index (χ1) is 11.2. The van der Waals surface area contributed by atoms with Gasteiger partial charge in [0.2, 0.25) is 0 Å². The Labute approximate surface area is 144 Å². The highest BCUT2D eigenvalue weighted by molar-refractivity contribution is 5.79. The fourth-order valence-corrected chi connectivity index (χ4v) is 3.09. The second-order valence-electron chi connectivity index (χ2n) is 6.83. The molecule has 0 aromatic carbocycles. The van der Waals surface area contributed by atoms with Crippen molar-refractivity contribution in [2.75, 3.05) is 46.8 Å². The fraction of sp³-hybridized carbons (Fsp3) is 0.842. The normalized spacial score (nSPS) is 17.3. The average molecular weight is 323 g/mol. The van der Waals surface area contributed by atoms with E-state index in [1.165, 1.54) is 51.6 Å². The Morgan fingerprint density at radius 2 is 2.04 bits per heavy atom.